The number of aryl methyl sites for hydroxylation is 1. The lowest BCUT2D eigenvalue weighted by Gasteiger charge is -2.39. The molecular formula is C10H8F5NOS. The minimum absolute atomic E-state index is 0.0552. The van der Waals surface area contributed by atoms with Crippen LogP contribution >= 0.6 is 10.2 Å². The van der Waals surface area contributed by atoms with Gasteiger partial charge >= 0.3 is 10.2 Å². The molecule has 0 radical (unpaired) electrons. The molecule has 0 aliphatic rings. The van der Waals surface area contributed by atoms with Crippen molar-refractivity contribution in [2.45, 2.75) is 11.8 Å². The maximum absolute atomic E-state index is 12.6. The largest absolute Gasteiger partial charge is 0.321 e. The minimum Gasteiger partial charge on any atom is -0.321 e. The lowest BCUT2D eigenvalue weighted by atomic mass is 10.1. The molecule has 0 unspecified atom stereocenters. The van der Waals surface area contributed by atoms with E-state index in [4.69, 9.17) is 0 Å². The number of fused-ring (bicyclic) bond motifs is 1. The zero-order valence-corrected chi connectivity index (χ0v) is 9.83. The van der Waals surface area contributed by atoms with E-state index in [-0.39, 0.29) is 17.0 Å². The highest BCUT2D eigenvalue weighted by Gasteiger charge is 2.67. The number of rotatable bonds is 1. The van der Waals surface area contributed by atoms with Crippen molar-refractivity contribution in [3.05, 3.63) is 40.2 Å². The topological polar surface area (TPSA) is 32.9 Å². The number of pyridine rings is 1. The van der Waals surface area contributed by atoms with E-state index in [1.165, 1.54) is 25.1 Å². The molecule has 0 bridgehead atoms. The van der Waals surface area contributed by atoms with Gasteiger partial charge in [-0.2, -0.15) is 0 Å². The van der Waals surface area contributed by atoms with E-state index in [9.17, 15) is 24.2 Å². The molecule has 8 heteroatoms. The number of hydrogen-bond acceptors (Lipinski definition) is 1. The quantitative estimate of drug-likeness (QED) is 0.769. The Labute approximate surface area is 98.2 Å². The molecule has 0 aliphatic carbocycles. The smallest absolute Gasteiger partial charge is 0.315 e. The molecular weight excluding hydrogens is 277 g/mol. The Hall–Kier alpha value is -1.57. The molecule has 1 heterocycles. The number of nitrogens with one attached hydrogen (secondary N) is 1. The molecule has 0 atom stereocenters. The fourth-order valence-electron chi connectivity index (χ4n) is 1.65. The first-order valence-electron chi connectivity index (χ1n) is 4.75. The van der Waals surface area contributed by atoms with E-state index >= 15 is 0 Å². The normalized spacial score (nSPS) is 16.3. The number of halogens is 5. The molecule has 2 nitrogen and oxygen atoms in total. The van der Waals surface area contributed by atoms with Crippen LogP contribution < -0.4 is 5.56 Å². The maximum Gasteiger partial charge on any atom is 0.315 e. The minimum atomic E-state index is -9.97. The summed E-state index contributed by atoms with van der Waals surface area (Å²) in [6.07, 6.45) is 0. The fraction of sp³-hybridized carbons (Fsp3) is 0.100. The van der Waals surface area contributed by atoms with Gasteiger partial charge in [-0.05, 0) is 24.6 Å². The molecule has 0 spiro atoms. The van der Waals surface area contributed by atoms with Gasteiger partial charge < -0.3 is 4.98 Å². The highest BCUT2D eigenvalue weighted by Crippen LogP contribution is 3.01. The first-order valence-corrected chi connectivity index (χ1v) is 6.70. The third-order valence-corrected chi connectivity index (χ3v) is 3.62. The van der Waals surface area contributed by atoms with Crippen molar-refractivity contribution in [3.63, 3.8) is 0 Å². The summed E-state index contributed by atoms with van der Waals surface area (Å²) in [5.41, 5.74) is -1.37. The first kappa shape index (κ1) is 12.9. The van der Waals surface area contributed by atoms with Crippen molar-refractivity contribution < 1.29 is 19.4 Å². The maximum atomic E-state index is 12.6. The van der Waals surface area contributed by atoms with Crippen molar-refractivity contribution in [2.24, 2.45) is 0 Å². The number of aromatic amines is 1. The van der Waals surface area contributed by atoms with Gasteiger partial charge in [0, 0.05) is 10.9 Å². The number of hydrogen-bond donors (Lipinski definition) is 1. The average Bonchev–Trinajstić information content (AvgIpc) is 2.12. The SMILES string of the molecule is Cc1cccc2[nH]c(=O)c(S(F)(F)(F)(F)F)cc12. The van der Waals surface area contributed by atoms with Crippen LogP contribution in [0.3, 0.4) is 0 Å². The third kappa shape index (κ3) is 2.20. The predicted molar refractivity (Wildman–Crippen MR) is 60.7 cm³/mol. The number of aromatic nitrogens is 1. The number of H-pyrrole nitrogens is 1. The molecule has 1 aromatic heterocycles. The van der Waals surface area contributed by atoms with E-state index in [0.717, 1.165) is 0 Å². The van der Waals surface area contributed by atoms with Gasteiger partial charge in [0.05, 0.1) is 0 Å². The van der Waals surface area contributed by atoms with Crippen molar-refractivity contribution in [3.8, 4) is 0 Å². The van der Waals surface area contributed by atoms with Gasteiger partial charge in [0.25, 0.3) is 5.56 Å². The van der Waals surface area contributed by atoms with Crippen LogP contribution in [0.5, 0.6) is 0 Å². The lowest BCUT2D eigenvalue weighted by Crippen LogP contribution is -2.20. The van der Waals surface area contributed by atoms with Crippen LogP contribution in [0.4, 0.5) is 19.4 Å². The molecule has 0 fully saturated rings. The standard InChI is InChI=1S/C10H8F5NOS/c1-6-3-2-4-8-7(6)5-9(10(17)16-8)18(11,12,13,14)15/h2-5H,1H3,(H,16,17). The molecule has 18 heavy (non-hydrogen) atoms. The van der Waals surface area contributed by atoms with Crippen LogP contribution in [-0.4, -0.2) is 4.98 Å². The van der Waals surface area contributed by atoms with Crippen molar-refractivity contribution in [1.82, 2.24) is 4.98 Å². The molecule has 1 N–H and O–H groups in total. The monoisotopic (exact) mass is 285 g/mol. The fourth-order valence-corrected chi connectivity index (χ4v) is 2.39. The number of benzene rings is 1. The van der Waals surface area contributed by atoms with Crippen LogP contribution in [0, 0.1) is 6.92 Å². The van der Waals surface area contributed by atoms with Gasteiger partial charge in [0.15, 0.2) is 4.90 Å². The summed E-state index contributed by atoms with van der Waals surface area (Å²) in [5.74, 6) is 0. The van der Waals surface area contributed by atoms with Gasteiger partial charge in [-0.15, -0.1) is 0 Å². The Kier molecular flexibility index (Phi) is 2.06. The van der Waals surface area contributed by atoms with Gasteiger partial charge in [-0.25, -0.2) is 0 Å². The summed E-state index contributed by atoms with van der Waals surface area (Å²) in [7, 11) is -9.97. The first-order chi connectivity index (χ1) is 7.88. The molecule has 0 amide bonds. The van der Waals surface area contributed by atoms with Gasteiger partial charge in [0.2, 0.25) is 0 Å². The van der Waals surface area contributed by atoms with Crippen LogP contribution in [0.25, 0.3) is 10.9 Å². The second-order valence-corrected chi connectivity index (χ2v) is 6.35. The average molecular weight is 285 g/mol. The van der Waals surface area contributed by atoms with Gasteiger partial charge in [-0.3, -0.25) is 4.79 Å². The molecule has 2 rings (SSSR count). The Morgan fingerprint density at radius 1 is 1.11 bits per heavy atom. The predicted octanol–water partition coefficient (Wildman–Crippen LogP) is 4.49. The molecule has 0 saturated carbocycles. The molecule has 100 valence electrons. The van der Waals surface area contributed by atoms with Crippen LogP contribution in [0.1, 0.15) is 5.56 Å². The highest BCUT2D eigenvalue weighted by molar-refractivity contribution is 8.45. The Morgan fingerprint density at radius 2 is 1.72 bits per heavy atom. The second kappa shape index (κ2) is 2.87. The van der Waals surface area contributed by atoms with Crippen LogP contribution in [-0.2, 0) is 0 Å². The van der Waals surface area contributed by atoms with Crippen LogP contribution in [0.15, 0.2) is 34.0 Å². The molecule has 2 aromatic rings. The summed E-state index contributed by atoms with van der Waals surface area (Å²) in [4.78, 5) is 10.6. The molecule has 0 aliphatic heterocycles. The summed E-state index contributed by atoms with van der Waals surface area (Å²) >= 11 is 0. The van der Waals surface area contributed by atoms with E-state index in [0.29, 0.717) is 5.56 Å². The molecule has 0 saturated heterocycles. The van der Waals surface area contributed by atoms with Crippen molar-refractivity contribution in [2.75, 3.05) is 0 Å². The zero-order chi connectivity index (χ0) is 13.8. The Morgan fingerprint density at radius 3 is 2.28 bits per heavy atom. The Balaban J connectivity index is 2.97. The summed E-state index contributed by atoms with van der Waals surface area (Å²) in [6, 6.07) is 4.53. The van der Waals surface area contributed by atoms with Crippen molar-refractivity contribution in [1.29, 1.82) is 0 Å². The van der Waals surface area contributed by atoms with Gasteiger partial charge in [0.1, 0.15) is 0 Å². The lowest BCUT2D eigenvalue weighted by molar-refractivity contribution is 0.362. The van der Waals surface area contributed by atoms with Crippen LogP contribution in [0.2, 0.25) is 0 Å². The van der Waals surface area contributed by atoms with E-state index < -0.39 is 20.7 Å². The summed E-state index contributed by atoms with van der Waals surface area (Å²) < 4.78 is 63.2. The van der Waals surface area contributed by atoms with E-state index in [2.05, 4.69) is 0 Å². The zero-order valence-electron chi connectivity index (χ0n) is 9.02. The Bertz CT molecular complexity index is 704. The summed E-state index contributed by atoms with van der Waals surface area (Å²) in [5, 5.41) is -0.0552. The van der Waals surface area contributed by atoms with E-state index in [1.807, 2.05) is 4.98 Å². The summed E-state index contributed by atoms with van der Waals surface area (Å²) in [6.45, 7) is 1.47. The van der Waals surface area contributed by atoms with Gasteiger partial charge in [-0.1, -0.05) is 31.6 Å². The van der Waals surface area contributed by atoms with Crippen molar-refractivity contribution >= 4 is 21.1 Å². The highest BCUT2D eigenvalue weighted by atomic mass is 32.5. The molecule has 1 aromatic carbocycles. The second-order valence-electron chi connectivity index (χ2n) is 3.97. The van der Waals surface area contributed by atoms with E-state index in [1.54, 1.807) is 0 Å². The third-order valence-electron chi connectivity index (χ3n) is 2.49.